The predicted molar refractivity (Wildman–Crippen MR) is 84.6 cm³/mol. The van der Waals surface area contributed by atoms with Crippen LogP contribution in [-0.4, -0.2) is 23.0 Å². The van der Waals surface area contributed by atoms with E-state index < -0.39 is 0 Å². The van der Waals surface area contributed by atoms with Crippen LogP contribution in [0.2, 0.25) is 0 Å². The van der Waals surface area contributed by atoms with Crippen molar-refractivity contribution >= 4 is 5.91 Å². The summed E-state index contributed by atoms with van der Waals surface area (Å²) in [5, 5.41) is 3.47. The fraction of sp³-hybridized carbons (Fsp3) is 0.611. The van der Waals surface area contributed by atoms with Crippen molar-refractivity contribution in [2.75, 3.05) is 0 Å². The first-order valence-electron chi connectivity index (χ1n) is 8.19. The zero-order valence-electron chi connectivity index (χ0n) is 13.3. The SMILES string of the molecule is CC1CC(C)CC(N2C(=O)C(c3ccccc3)NC2C)C1. The molecular weight excluding hydrogens is 260 g/mol. The van der Waals surface area contributed by atoms with Gasteiger partial charge >= 0.3 is 0 Å². The van der Waals surface area contributed by atoms with Crippen molar-refractivity contribution in [3.05, 3.63) is 35.9 Å². The minimum Gasteiger partial charge on any atom is -0.323 e. The Bertz CT molecular complexity index is 491. The smallest absolute Gasteiger partial charge is 0.245 e. The van der Waals surface area contributed by atoms with E-state index in [1.165, 1.54) is 6.42 Å². The molecule has 3 nitrogen and oxygen atoms in total. The predicted octanol–water partition coefficient (Wildman–Crippen LogP) is 3.33. The molecule has 4 atom stereocenters. The Morgan fingerprint density at radius 1 is 1.00 bits per heavy atom. The lowest BCUT2D eigenvalue weighted by Gasteiger charge is -2.39. The van der Waals surface area contributed by atoms with Crippen molar-refractivity contribution in [2.24, 2.45) is 11.8 Å². The van der Waals surface area contributed by atoms with Crippen molar-refractivity contribution in [2.45, 2.75) is 58.3 Å². The average molecular weight is 286 g/mol. The Hall–Kier alpha value is -1.35. The molecule has 1 amide bonds. The van der Waals surface area contributed by atoms with Crippen LogP contribution in [0.25, 0.3) is 0 Å². The highest BCUT2D eigenvalue weighted by Gasteiger charge is 2.42. The number of amides is 1. The van der Waals surface area contributed by atoms with Crippen LogP contribution in [0.1, 0.15) is 51.6 Å². The summed E-state index contributed by atoms with van der Waals surface area (Å²) in [6.45, 7) is 6.75. The van der Waals surface area contributed by atoms with E-state index in [1.807, 2.05) is 30.3 Å². The Kier molecular flexibility index (Phi) is 4.03. The van der Waals surface area contributed by atoms with Crippen molar-refractivity contribution in [3.63, 3.8) is 0 Å². The van der Waals surface area contributed by atoms with Gasteiger partial charge < -0.3 is 4.90 Å². The molecule has 3 rings (SSSR count). The molecule has 1 aromatic carbocycles. The zero-order chi connectivity index (χ0) is 15.0. The van der Waals surface area contributed by atoms with E-state index in [9.17, 15) is 4.79 Å². The van der Waals surface area contributed by atoms with E-state index in [1.54, 1.807) is 0 Å². The minimum absolute atomic E-state index is 0.130. The molecule has 114 valence electrons. The van der Waals surface area contributed by atoms with Gasteiger partial charge in [-0.05, 0) is 43.6 Å². The van der Waals surface area contributed by atoms with Gasteiger partial charge in [0.25, 0.3) is 0 Å². The molecule has 2 aliphatic rings. The quantitative estimate of drug-likeness (QED) is 0.904. The number of rotatable bonds is 2. The average Bonchev–Trinajstić information content (AvgIpc) is 2.74. The van der Waals surface area contributed by atoms with E-state index in [0.717, 1.165) is 30.2 Å². The maximum atomic E-state index is 12.9. The number of hydrogen-bond donors (Lipinski definition) is 1. The van der Waals surface area contributed by atoms with Crippen molar-refractivity contribution in [1.29, 1.82) is 0 Å². The summed E-state index contributed by atoms with van der Waals surface area (Å²) >= 11 is 0. The van der Waals surface area contributed by atoms with Crippen molar-refractivity contribution < 1.29 is 4.79 Å². The molecule has 1 aliphatic heterocycles. The molecule has 0 aromatic heterocycles. The Labute approximate surface area is 127 Å². The first-order valence-corrected chi connectivity index (χ1v) is 8.19. The van der Waals surface area contributed by atoms with E-state index >= 15 is 0 Å². The van der Waals surface area contributed by atoms with Gasteiger partial charge in [0.15, 0.2) is 0 Å². The Morgan fingerprint density at radius 2 is 1.62 bits per heavy atom. The maximum Gasteiger partial charge on any atom is 0.245 e. The first kappa shape index (κ1) is 14.6. The van der Waals surface area contributed by atoms with Crippen LogP contribution in [0.5, 0.6) is 0 Å². The molecule has 1 aliphatic carbocycles. The molecule has 1 N–H and O–H groups in total. The molecule has 0 radical (unpaired) electrons. The third-order valence-corrected chi connectivity index (χ3v) is 5.01. The molecule has 2 fully saturated rings. The molecule has 0 spiro atoms. The monoisotopic (exact) mass is 286 g/mol. The number of carbonyl (C=O) groups excluding carboxylic acids is 1. The van der Waals surface area contributed by atoms with Crippen LogP contribution in [0.3, 0.4) is 0 Å². The maximum absolute atomic E-state index is 12.9. The van der Waals surface area contributed by atoms with Gasteiger partial charge in [0.05, 0.1) is 6.17 Å². The molecule has 1 saturated carbocycles. The molecule has 1 saturated heterocycles. The second kappa shape index (κ2) is 5.80. The van der Waals surface area contributed by atoms with E-state index in [2.05, 4.69) is 31.0 Å². The van der Waals surface area contributed by atoms with Gasteiger partial charge in [-0.15, -0.1) is 0 Å². The van der Waals surface area contributed by atoms with Crippen molar-refractivity contribution in [3.8, 4) is 0 Å². The van der Waals surface area contributed by atoms with Gasteiger partial charge in [0, 0.05) is 6.04 Å². The molecule has 1 heterocycles. The molecule has 21 heavy (non-hydrogen) atoms. The molecule has 0 bridgehead atoms. The molecule has 4 unspecified atom stereocenters. The highest BCUT2D eigenvalue weighted by atomic mass is 16.2. The molecular formula is C18H26N2O. The lowest BCUT2D eigenvalue weighted by atomic mass is 9.79. The topological polar surface area (TPSA) is 32.3 Å². The van der Waals surface area contributed by atoms with Gasteiger partial charge in [0.2, 0.25) is 5.91 Å². The summed E-state index contributed by atoms with van der Waals surface area (Å²) < 4.78 is 0. The minimum atomic E-state index is -0.172. The fourth-order valence-electron chi connectivity index (χ4n) is 4.24. The van der Waals surface area contributed by atoms with Crippen LogP contribution in [-0.2, 0) is 4.79 Å². The van der Waals surface area contributed by atoms with Gasteiger partial charge in [-0.2, -0.15) is 0 Å². The van der Waals surface area contributed by atoms with Crippen LogP contribution < -0.4 is 5.32 Å². The van der Waals surface area contributed by atoms with Gasteiger partial charge in [0.1, 0.15) is 6.04 Å². The van der Waals surface area contributed by atoms with E-state index in [0.29, 0.717) is 6.04 Å². The third kappa shape index (κ3) is 2.84. The lowest BCUT2D eigenvalue weighted by Crippen LogP contribution is -2.46. The van der Waals surface area contributed by atoms with Gasteiger partial charge in [-0.25, -0.2) is 0 Å². The summed E-state index contributed by atoms with van der Waals surface area (Å²) in [7, 11) is 0. The van der Waals surface area contributed by atoms with Crippen LogP contribution >= 0.6 is 0 Å². The number of nitrogens with zero attached hydrogens (tertiary/aromatic N) is 1. The third-order valence-electron chi connectivity index (χ3n) is 5.01. The summed E-state index contributed by atoms with van der Waals surface area (Å²) in [4.78, 5) is 15.0. The Morgan fingerprint density at radius 3 is 2.24 bits per heavy atom. The van der Waals surface area contributed by atoms with Crippen LogP contribution in [0, 0.1) is 11.8 Å². The lowest BCUT2D eigenvalue weighted by molar-refractivity contribution is -0.133. The largest absolute Gasteiger partial charge is 0.323 e. The van der Waals surface area contributed by atoms with Crippen LogP contribution in [0.4, 0.5) is 0 Å². The van der Waals surface area contributed by atoms with Crippen molar-refractivity contribution in [1.82, 2.24) is 10.2 Å². The standard InChI is InChI=1S/C18H26N2O/c1-12-9-13(2)11-16(10-12)20-14(3)19-17(18(20)21)15-7-5-4-6-8-15/h4-8,12-14,16-17,19H,9-11H2,1-3H3. The first-order chi connectivity index (χ1) is 10.1. The highest BCUT2D eigenvalue weighted by Crippen LogP contribution is 2.35. The number of hydrogen-bond acceptors (Lipinski definition) is 2. The van der Waals surface area contributed by atoms with Crippen LogP contribution in [0.15, 0.2) is 30.3 Å². The van der Waals surface area contributed by atoms with Gasteiger partial charge in [-0.1, -0.05) is 44.2 Å². The van der Waals surface area contributed by atoms with E-state index in [-0.39, 0.29) is 18.1 Å². The van der Waals surface area contributed by atoms with E-state index in [4.69, 9.17) is 0 Å². The summed E-state index contributed by atoms with van der Waals surface area (Å²) in [5.74, 6) is 1.68. The van der Waals surface area contributed by atoms with Gasteiger partial charge in [-0.3, -0.25) is 10.1 Å². The number of nitrogens with one attached hydrogen (secondary N) is 1. The zero-order valence-corrected chi connectivity index (χ0v) is 13.3. The molecule has 3 heteroatoms. The normalized spacial score (nSPS) is 37.0. The second-order valence-corrected chi connectivity index (χ2v) is 7.00. The number of benzene rings is 1. The second-order valence-electron chi connectivity index (χ2n) is 7.00. The summed E-state index contributed by atoms with van der Waals surface area (Å²) in [6, 6.07) is 10.3. The fourth-order valence-corrected chi connectivity index (χ4v) is 4.24. The summed E-state index contributed by atoms with van der Waals surface area (Å²) in [5.41, 5.74) is 1.08. The summed E-state index contributed by atoms with van der Waals surface area (Å²) in [6.07, 6.45) is 3.71. The number of carbonyl (C=O) groups is 1. The highest BCUT2D eigenvalue weighted by molar-refractivity contribution is 5.86. The molecule has 1 aromatic rings. The Balaban J connectivity index is 1.79.